The summed E-state index contributed by atoms with van der Waals surface area (Å²) in [5.74, 6) is -0.0493. The van der Waals surface area contributed by atoms with Gasteiger partial charge in [-0.15, -0.1) is 0 Å². The van der Waals surface area contributed by atoms with E-state index in [2.05, 4.69) is 0 Å². The second-order valence-corrected chi connectivity index (χ2v) is 6.41. The van der Waals surface area contributed by atoms with Gasteiger partial charge < -0.3 is 0 Å². The van der Waals surface area contributed by atoms with Crippen molar-refractivity contribution in [3.63, 3.8) is 0 Å². The van der Waals surface area contributed by atoms with Crippen LogP contribution in [0.2, 0.25) is 0 Å². The third-order valence-electron chi connectivity index (χ3n) is 2.60. The standard InChI is InChI=1S/C9H17NO3S/c1-7(2)14(12,13)10-6-4-5-9(10)8(3)11/h7,9H,4-6H2,1-3H3/t9-/m1/s1. The molecular formula is C9H17NO3S. The van der Waals surface area contributed by atoms with Crippen LogP contribution in [0, 0.1) is 0 Å². The lowest BCUT2D eigenvalue weighted by Crippen LogP contribution is -2.42. The van der Waals surface area contributed by atoms with Gasteiger partial charge in [-0.25, -0.2) is 8.42 Å². The fourth-order valence-electron chi connectivity index (χ4n) is 1.72. The molecule has 1 saturated heterocycles. The zero-order valence-corrected chi connectivity index (χ0v) is 9.67. The predicted molar refractivity (Wildman–Crippen MR) is 54.5 cm³/mol. The number of Topliss-reactive ketones (excluding diaryl/α,β-unsaturated/α-hetero) is 1. The minimum atomic E-state index is -3.26. The van der Waals surface area contributed by atoms with Crippen LogP contribution in [0.3, 0.4) is 0 Å². The van der Waals surface area contributed by atoms with Gasteiger partial charge in [0.25, 0.3) is 0 Å². The topological polar surface area (TPSA) is 54.5 Å². The molecule has 1 rings (SSSR count). The maximum absolute atomic E-state index is 11.8. The van der Waals surface area contributed by atoms with E-state index in [0.29, 0.717) is 13.0 Å². The van der Waals surface area contributed by atoms with Crippen molar-refractivity contribution in [2.75, 3.05) is 6.54 Å². The highest BCUT2D eigenvalue weighted by Gasteiger charge is 2.37. The molecule has 82 valence electrons. The van der Waals surface area contributed by atoms with Crippen LogP contribution in [0.15, 0.2) is 0 Å². The molecule has 0 spiro atoms. The summed E-state index contributed by atoms with van der Waals surface area (Å²) < 4.78 is 25.0. The number of nitrogens with zero attached hydrogens (tertiary/aromatic N) is 1. The van der Waals surface area contributed by atoms with E-state index in [-0.39, 0.29) is 5.78 Å². The van der Waals surface area contributed by atoms with Crippen LogP contribution in [0.1, 0.15) is 33.6 Å². The van der Waals surface area contributed by atoms with Crippen molar-refractivity contribution in [2.24, 2.45) is 0 Å². The third kappa shape index (κ3) is 1.98. The summed E-state index contributed by atoms with van der Waals surface area (Å²) >= 11 is 0. The number of carbonyl (C=O) groups is 1. The third-order valence-corrected chi connectivity index (χ3v) is 4.88. The molecule has 1 heterocycles. The molecule has 4 nitrogen and oxygen atoms in total. The van der Waals surface area contributed by atoms with Gasteiger partial charge in [0.2, 0.25) is 10.0 Å². The normalized spacial score (nSPS) is 24.4. The minimum Gasteiger partial charge on any atom is -0.298 e. The Kier molecular flexibility index (Phi) is 3.32. The Balaban J connectivity index is 2.93. The van der Waals surface area contributed by atoms with Crippen molar-refractivity contribution < 1.29 is 13.2 Å². The fraction of sp³-hybridized carbons (Fsp3) is 0.889. The molecular weight excluding hydrogens is 202 g/mol. The van der Waals surface area contributed by atoms with Crippen molar-refractivity contribution in [2.45, 2.75) is 44.9 Å². The predicted octanol–water partition coefficient (Wildman–Crippen LogP) is 0.778. The highest BCUT2D eigenvalue weighted by Crippen LogP contribution is 2.23. The smallest absolute Gasteiger partial charge is 0.217 e. The molecule has 1 aliphatic heterocycles. The van der Waals surface area contributed by atoms with E-state index in [4.69, 9.17) is 0 Å². The molecule has 0 aromatic heterocycles. The first-order chi connectivity index (χ1) is 6.37. The number of carbonyl (C=O) groups excluding carboxylic acids is 1. The van der Waals surface area contributed by atoms with Crippen LogP contribution in [-0.2, 0) is 14.8 Å². The summed E-state index contributed by atoms with van der Waals surface area (Å²) in [6.45, 7) is 5.24. The zero-order chi connectivity index (χ0) is 10.9. The van der Waals surface area contributed by atoms with Gasteiger partial charge in [0.05, 0.1) is 11.3 Å². The molecule has 0 aromatic rings. The second kappa shape index (κ2) is 3.98. The fourth-order valence-corrected chi connectivity index (χ4v) is 3.26. The summed E-state index contributed by atoms with van der Waals surface area (Å²) in [5.41, 5.74) is 0. The highest BCUT2D eigenvalue weighted by molar-refractivity contribution is 7.89. The Bertz CT molecular complexity index is 321. The molecule has 0 aromatic carbocycles. The van der Waals surface area contributed by atoms with E-state index in [0.717, 1.165) is 6.42 Å². The van der Waals surface area contributed by atoms with Crippen LogP contribution in [0.4, 0.5) is 0 Å². The van der Waals surface area contributed by atoms with Gasteiger partial charge in [-0.2, -0.15) is 4.31 Å². The molecule has 0 aliphatic carbocycles. The van der Waals surface area contributed by atoms with E-state index in [1.165, 1.54) is 11.2 Å². The lowest BCUT2D eigenvalue weighted by Gasteiger charge is -2.23. The molecule has 14 heavy (non-hydrogen) atoms. The molecule has 1 atom stereocenters. The monoisotopic (exact) mass is 219 g/mol. The van der Waals surface area contributed by atoms with Gasteiger partial charge in [0.15, 0.2) is 0 Å². The second-order valence-electron chi connectivity index (χ2n) is 3.97. The van der Waals surface area contributed by atoms with Gasteiger partial charge >= 0.3 is 0 Å². The minimum absolute atomic E-state index is 0.0493. The van der Waals surface area contributed by atoms with Crippen molar-refractivity contribution in [1.29, 1.82) is 0 Å². The molecule has 0 saturated carbocycles. The van der Waals surface area contributed by atoms with Crippen LogP contribution in [0.5, 0.6) is 0 Å². The van der Waals surface area contributed by atoms with Gasteiger partial charge in [-0.1, -0.05) is 0 Å². The van der Waals surface area contributed by atoms with E-state index in [9.17, 15) is 13.2 Å². The van der Waals surface area contributed by atoms with E-state index >= 15 is 0 Å². The Morgan fingerprint density at radius 1 is 1.43 bits per heavy atom. The average molecular weight is 219 g/mol. The molecule has 0 radical (unpaired) electrons. The Labute approximate surface area is 85.3 Å². The van der Waals surface area contributed by atoms with Crippen LogP contribution in [-0.4, -0.2) is 36.3 Å². The quantitative estimate of drug-likeness (QED) is 0.704. The number of rotatable bonds is 3. The van der Waals surface area contributed by atoms with Crippen LogP contribution >= 0.6 is 0 Å². The van der Waals surface area contributed by atoms with Crippen LogP contribution in [0.25, 0.3) is 0 Å². The summed E-state index contributed by atoms with van der Waals surface area (Å²) in [5, 5.41) is -0.442. The average Bonchev–Trinajstić information content (AvgIpc) is 2.51. The largest absolute Gasteiger partial charge is 0.298 e. The van der Waals surface area contributed by atoms with Gasteiger partial charge in [0, 0.05) is 6.54 Å². The lowest BCUT2D eigenvalue weighted by atomic mass is 10.2. The number of ketones is 1. The van der Waals surface area contributed by atoms with E-state index < -0.39 is 21.3 Å². The summed E-state index contributed by atoms with van der Waals surface area (Å²) in [6.07, 6.45) is 1.46. The van der Waals surface area contributed by atoms with E-state index in [1.54, 1.807) is 13.8 Å². The number of hydrogen-bond acceptors (Lipinski definition) is 3. The molecule has 0 bridgehead atoms. The highest BCUT2D eigenvalue weighted by atomic mass is 32.2. The lowest BCUT2D eigenvalue weighted by molar-refractivity contribution is -0.119. The number of hydrogen-bond donors (Lipinski definition) is 0. The Morgan fingerprint density at radius 2 is 2.00 bits per heavy atom. The zero-order valence-electron chi connectivity index (χ0n) is 8.86. The van der Waals surface area contributed by atoms with E-state index in [1.807, 2.05) is 0 Å². The van der Waals surface area contributed by atoms with Crippen molar-refractivity contribution >= 4 is 15.8 Å². The maximum Gasteiger partial charge on any atom is 0.217 e. The van der Waals surface area contributed by atoms with Gasteiger partial charge in [0.1, 0.15) is 5.78 Å². The summed E-state index contributed by atoms with van der Waals surface area (Å²) in [7, 11) is -3.26. The Morgan fingerprint density at radius 3 is 2.43 bits per heavy atom. The summed E-state index contributed by atoms with van der Waals surface area (Å²) in [6, 6.07) is -0.414. The first-order valence-electron chi connectivity index (χ1n) is 4.88. The maximum atomic E-state index is 11.8. The molecule has 0 unspecified atom stereocenters. The van der Waals surface area contributed by atoms with Crippen LogP contribution < -0.4 is 0 Å². The number of sulfonamides is 1. The first-order valence-corrected chi connectivity index (χ1v) is 6.39. The van der Waals surface area contributed by atoms with Crippen molar-refractivity contribution in [1.82, 2.24) is 4.31 Å². The Hall–Kier alpha value is -0.420. The summed E-state index contributed by atoms with van der Waals surface area (Å²) in [4.78, 5) is 11.2. The molecule has 0 N–H and O–H groups in total. The molecule has 0 amide bonds. The molecule has 5 heteroatoms. The molecule has 1 aliphatic rings. The van der Waals surface area contributed by atoms with Crippen molar-refractivity contribution in [3.8, 4) is 0 Å². The molecule has 1 fully saturated rings. The van der Waals surface area contributed by atoms with Gasteiger partial charge in [-0.3, -0.25) is 4.79 Å². The van der Waals surface area contributed by atoms with Crippen molar-refractivity contribution in [3.05, 3.63) is 0 Å². The van der Waals surface area contributed by atoms with Gasteiger partial charge in [-0.05, 0) is 33.6 Å². The SMILES string of the molecule is CC(=O)[C@H]1CCCN1S(=O)(=O)C(C)C. The first kappa shape index (κ1) is 11.7.